The molecule has 4 rings (SSSR count). The number of aromatic nitrogens is 2. The molecule has 148 valence electrons. The number of H-pyrrole nitrogens is 1. The van der Waals surface area contributed by atoms with Gasteiger partial charge in [-0.05, 0) is 30.3 Å². The Kier molecular flexibility index (Phi) is 5.26. The minimum atomic E-state index is -3.62. The van der Waals surface area contributed by atoms with E-state index in [4.69, 9.17) is 4.74 Å². The van der Waals surface area contributed by atoms with Gasteiger partial charge in [0.1, 0.15) is 6.07 Å². The van der Waals surface area contributed by atoms with Crippen LogP contribution in [0, 0.1) is 11.3 Å². The summed E-state index contributed by atoms with van der Waals surface area (Å²) in [5, 5.41) is 13.5. The second-order valence-electron chi connectivity index (χ2n) is 6.33. The summed E-state index contributed by atoms with van der Waals surface area (Å²) >= 11 is 0. The maximum atomic E-state index is 12.8. The number of morpholine rings is 1. The van der Waals surface area contributed by atoms with Crippen LogP contribution >= 0.6 is 0 Å². The Morgan fingerprint density at radius 3 is 2.76 bits per heavy atom. The monoisotopic (exact) mass is 410 g/mol. The fourth-order valence-electron chi connectivity index (χ4n) is 2.98. The largest absolute Gasteiger partial charge is 0.379 e. The van der Waals surface area contributed by atoms with Crippen LogP contribution in [0.5, 0.6) is 0 Å². The number of nitriles is 1. The molecule has 0 aliphatic carbocycles. The summed E-state index contributed by atoms with van der Waals surface area (Å²) in [6, 6.07) is 15.7. The molecule has 0 amide bonds. The quantitative estimate of drug-likeness (QED) is 0.489. The number of imidazole rings is 1. The molecule has 0 saturated carbocycles. The van der Waals surface area contributed by atoms with Gasteiger partial charge < -0.3 is 9.72 Å². The molecule has 2 heterocycles. The Balaban J connectivity index is 1.57. The molecule has 29 heavy (non-hydrogen) atoms. The number of aromatic amines is 1. The topological polar surface area (TPSA) is 123 Å². The highest BCUT2D eigenvalue weighted by Crippen LogP contribution is 2.21. The first kappa shape index (κ1) is 19.1. The predicted molar refractivity (Wildman–Crippen MR) is 108 cm³/mol. The van der Waals surface area contributed by atoms with Gasteiger partial charge in [0.15, 0.2) is 5.82 Å². The first-order chi connectivity index (χ1) is 14.1. The molecule has 0 unspecified atom stereocenters. The molecule has 1 aromatic heterocycles. The van der Waals surface area contributed by atoms with E-state index in [-0.39, 0.29) is 10.6 Å². The number of para-hydroxylation sites is 2. The maximum Gasteiger partial charge on any atom is 0.243 e. The number of anilines is 1. The average molecular weight is 410 g/mol. The van der Waals surface area contributed by atoms with Crippen molar-refractivity contribution in [1.29, 1.82) is 5.26 Å². The van der Waals surface area contributed by atoms with Crippen molar-refractivity contribution >= 4 is 32.5 Å². The van der Waals surface area contributed by atoms with Crippen LogP contribution in [0.25, 0.3) is 11.0 Å². The molecule has 1 saturated heterocycles. The van der Waals surface area contributed by atoms with Crippen molar-refractivity contribution in [2.24, 2.45) is 5.10 Å². The molecule has 1 aliphatic rings. The van der Waals surface area contributed by atoms with Crippen molar-refractivity contribution < 1.29 is 13.2 Å². The van der Waals surface area contributed by atoms with E-state index in [0.29, 0.717) is 37.8 Å². The molecule has 2 aromatic carbocycles. The Labute approximate surface area is 167 Å². The Hall–Kier alpha value is -3.26. The SMILES string of the molecule is N#CC(=NNc1cccc(S(=O)(=O)N2CCOCC2)c1)c1nc2ccccc2[nH]1. The highest BCUT2D eigenvalue weighted by Gasteiger charge is 2.26. The van der Waals surface area contributed by atoms with Crippen LogP contribution in [0.4, 0.5) is 5.69 Å². The van der Waals surface area contributed by atoms with Crippen LogP contribution in [-0.2, 0) is 14.8 Å². The van der Waals surface area contributed by atoms with Crippen LogP contribution in [0.2, 0.25) is 0 Å². The molecule has 2 N–H and O–H groups in total. The van der Waals surface area contributed by atoms with Crippen LogP contribution in [-0.4, -0.2) is 54.7 Å². The Morgan fingerprint density at radius 1 is 1.21 bits per heavy atom. The molecule has 0 spiro atoms. The number of benzene rings is 2. The van der Waals surface area contributed by atoms with E-state index in [2.05, 4.69) is 20.5 Å². The number of hydrogen-bond donors (Lipinski definition) is 2. The van der Waals surface area contributed by atoms with Gasteiger partial charge in [-0.3, -0.25) is 5.43 Å². The van der Waals surface area contributed by atoms with Gasteiger partial charge >= 0.3 is 0 Å². The van der Waals surface area contributed by atoms with E-state index in [0.717, 1.165) is 11.0 Å². The summed E-state index contributed by atoms with van der Waals surface area (Å²) in [6.45, 7) is 1.40. The third-order valence-corrected chi connectivity index (χ3v) is 6.35. The fraction of sp³-hybridized carbons (Fsp3) is 0.211. The third kappa shape index (κ3) is 3.97. The van der Waals surface area contributed by atoms with Crippen molar-refractivity contribution in [2.45, 2.75) is 4.90 Å². The highest BCUT2D eigenvalue weighted by atomic mass is 32.2. The molecule has 0 bridgehead atoms. The second kappa shape index (κ2) is 8.00. The van der Waals surface area contributed by atoms with Gasteiger partial charge in [0.2, 0.25) is 15.7 Å². The lowest BCUT2D eigenvalue weighted by atomic mass is 10.3. The van der Waals surface area contributed by atoms with Gasteiger partial charge in [-0.1, -0.05) is 18.2 Å². The number of nitrogens with zero attached hydrogens (tertiary/aromatic N) is 4. The van der Waals surface area contributed by atoms with Crippen molar-refractivity contribution in [3.05, 3.63) is 54.4 Å². The normalized spacial score (nSPS) is 15.9. The smallest absolute Gasteiger partial charge is 0.243 e. The first-order valence-corrected chi connectivity index (χ1v) is 10.4. The van der Waals surface area contributed by atoms with Gasteiger partial charge in [-0.2, -0.15) is 14.7 Å². The van der Waals surface area contributed by atoms with Gasteiger partial charge in [0.25, 0.3) is 0 Å². The standard InChI is InChI=1S/C19H18N6O3S/c20-13-18(19-21-16-6-1-2-7-17(16)22-19)24-23-14-4-3-5-15(12-14)29(26,27)25-8-10-28-11-9-25/h1-7,12,23H,8-11H2,(H,21,22). The molecule has 0 radical (unpaired) electrons. The lowest BCUT2D eigenvalue weighted by Crippen LogP contribution is -2.40. The predicted octanol–water partition coefficient (Wildman–Crippen LogP) is 1.92. The van der Waals surface area contributed by atoms with Crippen LogP contribution in [0.1, 0.15) is 5.82 Å². The molecule has 3 aromatic rings. The van der Waals surface area contributed by atoms with E-state index in [1.165, 1.54) is 16.4 Å². The van der Waals surface area contributed by atoms with Crippen molar-refractivity contribution in [1.82, 2.24) is 14.3 Å². The zero-order valence-corrected chi connectivity index (χ0v) is 16.2. The first-order valence-electron chi connectivity index (χ1n) is 8.95. The molecular formula is C19H18N6O3S. The van der Waals surface area contributed by atoms with Crippen molar-refractivity contribution in [3.63, 3.8) is 0 Å². The number of hydrogen-bond acceptors (Lipinski definition) is 7. The summed E-state index contributed by atoms with van der Waals surface area (Å²) in [5.41, 5.74) is 4.78. The summed E-state index contributed by atoms with van der Waals surface area (Å²) < 4.78 is 32.2. The van der Waals surface area contributed by atoms with Gasteiger partial charge in [-0.25, -0.2) is 13.4 Å². The number of ether oxygens (including phenoxy) is 1. The molecule has 9 nitrogen and oxygen atoms in total. The second-order valence-corrected chi connectivity index (χ2v) is 8.27. The number of rotatable bonds is 5. The minimum Gasteiger partial charge on any atom is -0.379 e. The van der Waals surface area contributed by atoms with Crippen LogP contribution < -0.4 is 5.43 Å². The lowest BCUT2D eigenvalue weighted by molar-refractivity contribution is 0.0730. The summed E-state index contributed by atoms with van der Waals surface area (Å²) in [6.07, 6.45) is 0. The number of hydrazone groups is 1. The van der Waals surface area contributed by atoms with Crippen LogP contribution in [0.15, 0.2) is 58.5 Å². The number of sulfonamides is 1. The number of fused-ring (bicyclic) bond motifs is 1. The van der Waals surface area contributed by atoms with E-state index >= 15 is 0 Å². The van der Waals surface area contributed by atoms with E-state index < -0.39 is 10.0 Å². The third-order valence-electron chi connectivity index (χ3n) is 4.46. The van der Waals surface area contributed by atoms with E-state index in [1.54, 1.807) is 12.1 Å². The summed E-state index contributed by atoms with van der Waals surface area (Å²) in [7, 11) is -3.62. The van der Waals surface area contributed by atoms with Crippen LogP contribution in [0.3, 0.4) is 0 Å². The maximum absolute atomic E-state index is 12.8. The van der Waals surface area contributed by atoms with Gasteiger partial charge in [0, 0.05) is 13.1 Å². The molecule has 0 atom stereocenters. The zero-order valence-electron chi connectivity index (χ0n) is 15.4. The molecule has 1 aliphatic heterocycles. The Morgan fingerprint density at radius 2 is 2.00 bits per heavy atom. The minimum absolute atomic E-state index is 0.0580. The summed E-state index contributed by atoms with van der Waals surface area (Å²) in [5.74, 6) is 0.332. The van der Waals surface area contributed by atoms with Gasteiger partial charge in [-0.15, -0.1) is 0 Å². The van der Waals surface area contributed by atoms with E-state index in [1.807, 2.05) is 30.3 Å². The lowest BCUT2D eigenvalue weighted by Gasteiger charge is -2.26. The molecule has 1 fully saturated rings. The molecule has 10 heteroatoms. The molecular weight excluding hydrogens is 392 g/mol. The van der Waals surface area contributed by atoms with Gasteiger partial charge in [0.05, 0.1) is 34.8 Å². The Bertz CT molecular complexity index is 1170. The highest BCUT2D eigenvalue weighted by molar-refractivity contribution is 7.89. The van der Waals surface area contributed by atoms with E-state index in [9.17, 15) is 13.7 Å². The zero-order chi connectivity index (χ0) is 20.3. The average Bonchev–Trinajstić information content (AvgIpc) is 3.19. The van der Waals surface area contributed by atoms with Crippen molar-refractivity contribution in [2.75, 3.05) is 31.7 Å². The fourth-order valence-corrected chi connectivity index (χ4v) is 4.43. The number of nitrogens with one attached hydrogen (secondary N) is 2. The van der Waals surface area contributed by atoms with Crippen molar-refractivity contribution in [3.8, 4) is 6.07 Å². The summed E-state index contributed by atoms with van der Waals surface area (Å²) in [4.78, 5) is 7.55.